The Morgan fingerprint density at radius 2 is 1.78 bits per heavy atom. The molecule has 1 aliphatic heterocycles. The van der Waals surface area contributed by atoms with Crippen LogP contribution < -0.4 is 26.0 Å². The number of allylic oxidation sites excluding steroid dienone is 1. The minimum atomic E-state index is 0.432. The summed E-state index contributed by atoms with van der Waals surface area (Å²) in [4.78, 5) is 19.7. The van der Waals surface area contributed by atoms with Crippen molar-refractivity contribution < 1.29 is 19.1 Å². The van der Waals surface area contributed by atoms with E-state index in [4.69, 9.17) is 25.9 Å². The SMILES string of the molecule is C=NN=C.C=O.CCOc1ccc(Cl)cc1COCC1CCCC(CN/C(C=O)=C2\CC(NC)CCN2)C1.CNc1ccccc1. The highest BCUT2D eigenvalue weighted by molar-refractivity contribution is 6.30. The van der Waals surface area contributed by atoms with Gasteiger partial charge in [-0.25, -0.2) is 0 Å². The van der Waals surface area contributed by atoms with Gasteiger partial charge < -0.3 is 35.5 Å². The average Bonchev–Trinajstić information content (AvgIpc) is 3.11. The number of rotatable bonds is 13. The number of para-hydroxylation sites is 1. The van der Waals surface area contributed by atoms with Crippen LogP contribution in [-0.4, -0.2) is 73.0 Å². The summed E-state index contributed by atoms with van der Waals surface area (Å²) in [6, 6.07) is 16.2. The molecule has 2 aromatic carbocycles. The van der Waals surface area contributed by atoms with Crippen molar-refractivity contribution in [3.8, 4) is 5.75 Å². The van der Waals surface area contributed by atoms with Crippen molar-refractivity contribution in [2.24, 2.45) is 22.0 Å². The van der Waals surface area contributed by atoms with Crippen molar-refractivity contribution >= 4 is 43.8 Å². The average molecular weight is 657 g/mol. The van der Waals surface area contributed by atoms with E-state index in [-0.39, 0.29) is 0 Å². The third-order valence-electron chi connectivity index (χ3n) is 7.70. The largest absolute Gasteiger partial charge is 0.494 e. The predicted octanol–water partition coefficient (Wildman–Crippen LogP) is 5.88. The minimum Gasteiger partial charge on any atom is -0.494 e. The van der Waals surface area contributed by atoms with Crippen LogP contribution in [-0.2, 0) is 20.9 Å². The monoisotopic (exact) mass is 656 g/mol. The number of piperidine rings is 1. The number of nitrogens with zero attached hydrogens (tertiary/aromatic N) is 2. The van der Waals surface area contributed by atoms with Gasteiger partial charge in [0.25, 0.3) is 0 Å². The molecule has 3 unspecified atom stereocenters. The van der Waals surface area contributed by atoms with Crippen LogP contribution in [0.5, 0.6) is 5.75 Å². The molecule has 0 spiro atoms. The van der Waals surface area contributed by atoms with Gasteiger partial charge in [0.1, 0.15) is 12.5 Å². The van der Waals surface area contributed by atoms with E-state index >= 15 is 0 Å². The first-order valence-electron chi connectivity index (χ1n) is 15.7. The van der Waals surface area contributed by atoms with E-state index in [0.29, 0.717) is 41.8 Å². The van der Waals surface area contributed by atoms with Crippen molar-refractivity contribution in [2.45, 2.75) is 58.1 Å². The summed E-state index contributed by atoms with van der Waals surface area (Å²) in [5.74, 6) is 1.94. The molecule has 1 heterocycles. The molecule has 0 aromatic heterocycles. The zero-order chi connectivity index (χ0) is 34.0. The number of nitrogens with one attached hydrogen (secondary N) is 4. The van der Waals surface area contributed by atoms with Crippen LogP contribution in [0.25, 0.3) is 0 Å². The molecular weight excluding hydrogens is 604 g/mol. The molecule has 4 rings (SSSR count). The summed E-state index contributed by atoms with van der Waals surface area (Å²) in [6.07, 6.45) is 7.62. The molecule has 1 saturated carbocycles. The first-order valence-corrected chi connectivity index (χ1v) is 16.1. The molecule has 10 nitrogen and oxygen atoms in total. The topological polar surface area (TPSA) is 125 Å². The van der Waals surface area contributed by atoms with Gasteiger partial charge >= 0.3 is 0 Å². The molecule has 46 heavy (non-hydrogen) atoms. The van der Waals surface area contributed by atoms with Crippen LogP contribution in [0.4, 0.5) is 5.69 Å². The smallest absolute Gasteiger partial charge is 0.167 e. The number of halogens is 1. The number of hydrogen-bond donors (Lipinski definition) is 4. The summed E-state index contributed by atoms with van der Waals surface area (Å²) < 4.78 is 11.8. The maximum atomic E-state index is 11.7. The van der Waals surface area contributed by atoms with Crippen molar-refractivity contribution in [1.82, 2.24) is 16.0 Å². The first kappa shape index (κ1) is 40.3. The van der Waals surface area contributed by atoms with Gasteiger partial charge in [0.05, 0.1) is 18.9 Å². The Balaban J connectivity index is 0.000000629. The Bertz CT molecular complexity index is 1160. The van der Waals surface area contributed by atoms with Gasteiger partial charge in [-0.2, -0.15) is 10.2 Å². The normalized spacial score (nSPS) is 19.4. The van der Waals surface area contributed by atoms with Gasteiger partial charge in [0.2, 0.25) is 0 Å². The Hall–Kier alpha value is -3.73. The van der Waals surface area contributed by atoms with Gasteiger partial charge in [-0.1, -0.05) is 36.2 Å². The first-order chi connectivity index (χ1) is 22.5. The zero-order valence-corrected chi connectivity index (χ0v) is 28.5. The zero-order valence-electron chi connectivity index (χ0n) is 27.7. The van der Waals surface area contributed by atoms with Crippen molar-refractivity contribution in [3.05, 3.63) is 70.5 Å². The van der Waals surface area contributed by atoms with Crippen molar-refractivity contribution in [2.75, 3.05) is 45.7 Å². The lowest BCUT2D eigenvalue weighted by molar-refractivity contribution is -0.105. The van der Waals surface area contributed by atoms with Crippen molar-refractivity contribution in [3.63, 3.8) is 0 Å². The second-order valence-electron chi connectivity index (χ2n) is 10.8. The highest BCUT2D eigenvalue weighted by Gasteiger charge is 2.24. The molecule has 0 radical (unpaired) electrons. The van der Waals surface area contributed by atoms with E-state index in [1.165, 1.54) is 19.3 Å². The molecule has 1 saturated heterocycles. The number of ether oxygens (including phenoxy) is 2. The molecule has 2 fully saturated rings. The predicted molar refractivity (Wildman–Crippen MR) is 191 cm³/mol. The van der Waals surface area contributed by atoms with Crippen LogP contribution in [0.2, 0.25) is 5.02 Å². The fraction of sp³-hybridized carbons (Fsp3) is 0.486. The fourth-order valence-electron chi connectivity index (χ4n) is 5.38. The van der Waals surface area contributed by atoms with E-state index < -0.39 is 0 Å². The maximum Gasteiger partial charge on any atom is 0.167 e. The second-order valence-corrected chi connectivity index (χ2v) is 11.2. The highest BCUT2D eigenvalue weighted by atomic mass is 35.5. The number of carbonyl (C=O) groups is 2. The second kappa shape index (κ2) is 25.5. The standard InChI is InChI=1S/C25H38ClN3O3.C7H9N.C2H4N2.CH2O/c1-3-32-25-8-7-21(26)12-20(25)17-31-16-19-6-4-5-18(11-19)14-29-24(15-30)23-13-22(27-2)9-10-28-23;1-8-7-5-3-2-4-6-7;1-3-4-2;1-2/h7-8,12,15,18-19,22,27-29H,3-6,9-11,13-14,16-17H2,1-2H3;2-6,8H,1H3;1-2H2;1H2/b24-23+;;;. The Morgan fingerprint density at radius 3 is 2.39 bits per heavy atom. The molecule has 2 aliphatic rings. The quantitative estimate of drug-likeness (QED) is 0.0912. The number of aldehydes is 1. The molecule has 2 aromatic rings. The van der Waals surface area contributed by atoms with Crippen LogP contribution in [0.3, 0.4) is 0 Å². The Labute approximate surface area is 280 Å². The van der Waals surface area contributed by atoms with E-state index in [1.807, 2.05) is 76.3 Å². The Morgan fingerprint density at radius 1 is 1.07 bits per heavy atom. The van der Waals surface area contributed by atoms with Gasteiger partial charge in [-0.3, -0.25) is 4.79 Å². The molecule has 0 amide bonds. The summed E-state index contributed by atoms with van der Waals surface area (Å²) in [5, 5.41) is 19.9. The third kappa shape index (κ3) is 16.0. The summed E-state index contributed by atoms with van der Waals surface area (Å²) in [5.41, 5.74) is 3.91. The van der Waals surface area contributed by atoms with Gasteiger partial charge in [-0.05, 0) is 81.8 Å². The van der Waals surface area contributed by atoms with E-state index in [2.05, 4.69) is 44.9 Å². The molecule has 1 aliphatic carbocycles. The minimum absolute atomic E-state index is 0.432. The van der Waals surface area contributed by atoms with Gasteiger partial charge in [-0.15, -0.1) is 0 Å². The van der Waals surface area contributed by atoms with Crippen LogP contribution in [0.15, 0.2) is 70.1 Å². The number of hydrogen-bond acceptors (Lipinski definition) is 10. The Kier molecular flexibility index (Phi) is 22.3. The number of anilines is 1. The van der Waals surface area contributed by atoms with Gasteiger partial charge in [0.15, 0.2) is 6.29 Å². The van der Waals surface area contributed by atoms with Gasteiger partial charge in [0, 0.05) is 74.6 Å². The van der Waals surface area contributed by atoms with E-state index in [1.54, 1.807) is 0 Å². The number of carbonyl (C=O) groups excluding carboxylic acids is 2. The lowest BCUT2D eigenvalue weighted by atomic mass is 9.81. The molecule has 3 atom stereocenters. The molecule has 254 valence electrons. The molecule has 11 heteroatoms. The lowest BCUT2D eigenvalue weighted by Gasteiger charge is -2.30. The fourth-order valence-corrected chi connectivity index (χ4v) is 5.57. The van der Waals surface area contributed by atoms with E-state index in [0.717, 1.165) is 67.9 Å². The van der Waals surface area contributed by atoms with Crippen LogP contribution >= 0.6 is 11.6 Å². The van der Waals surface area contributed by atoms with Crippen LogP contribution in [0, 0.1) is 11.8 Å². The third-order valence-corrected chi connectivity index (χ3v) is 7.94. The summed E-state index contributed by atoms with van der Waals surface area (Å²) in [7, 11) is 3.89. The van der Waals surface area contributed by atoms with Crippen LogP contribution in [0.1, 0.15) is 51.0 Å². The molecule has 4 N–H and O–H groups in total. The maximum absolute atomic E-state index is 11.7. The lowest BCUT2D eigenvalue weighted by Crippen LogP contribution is -2.39. The summed E-state index contributed by atoms with van der Waals surface area (Å²) >= 11 is 6.15. The molecule has 0 bridgehead atoms. The highest BCUT2D eigenvalue weighted by Crippen LogP contribution is 2.30. The summed E-state index contributed by atoms with van der Waals surface area (Å²) in [6.45, 7) is 13.6. The molecular formula is C35H53ClN6O4. The van der Waals surface area contributed by atoms with E-state index in [9.17, 15) is 4.79 Å². The number of benzene rings is 2. The van der Waals surface area contributed by atoms with Crippen molar-refractivity contribution in [1.29, 1.82) is 0 Å².